The number of anilines is 4. The van der Waals surface area contributed by atoms with Crippen molar-refractivity contribution in [3.05, 3.63) is 72.2 Å². The van der Waals surface area contributed by atoms with Crippen LogP contribution in [0.25, 0.3) is 0 Å². The van der Waals surface area contributed by atoms with Crippen LogP contribution in [0.15, 0.2) is 61.1 Å². The zero-order valence-corrected chi connectivity index (χ0v) is 18.6. The molecule has 1 unspecified atom stereocenters. The van der Waals surface area contributed by atoms with Crippen molar-refractivity contribution in [2.45, 2.75) is 60.0 Å². The van der Waals surface area contributed by atoms with Crippen LogP contribution in [0.4, 0.5) is 22.9 Å². The van der Waals surface area contributed by atoms with Crippen molar-refractivity contribution < 1.29 is 0 Å². The minimum atomic E-state index is -0.0421. The van der Waals surface area contributed by atoms with Gasteiger partial charge in [0.2, 0.25) is 0 Å². The first kappa shape index (κ1) is 20.8. The van der Waals surface area contributed by atoms with Gasteiger partial charge < -0.3 is 9.80 Å². The van der Waals surface area contributed by atoms with Crippen molar-refractivity contribution in [1.29, 1.82) is 0 Å². The number of hydrogen-bond donors (Lipinski definition) is 0. The number of rotatable bonds is 1. The fraction of sp³-hybridized carbons (Fsp3) is 0.360. The van der Waals surface area contributed by atoms with Crippen molar-refractivity contribution in [3.63, 3.8) is 0 Å². The molecule has 2 aromatic carbocycles. The predicted octanol–water partition coefficient (Wildman–Crippen LogP) is 6.74. The van der Waals surface area contributed by atoms with Crippen molar-refractivity contribution in [2.75, 3.05) is 9.80 Å². The third kappa shape index (κ3) is 3.07. The number of aryl methyl sites for hydroxylation is 1. The Balaban J connectivity index is 0.000000568. The molecule has 3 aromatic rings. The molecule has 5 rings (SSSR count). The second-order valence-corrected chi connectivity index (χ2v) is 7.37. The monoisotopic (exact) mass is 388 g/mol. The molecule has 4 nitrogen and oxygen atoms in total. The highest BCUT2D eigenvalue weighted by atomic mass is 15.5. The molecule has 29 heavy (non-hydrogen) atoms. The lowest BCUT2D eigenvalue weighted by Crippen LogP contribution is -2.46. The Kier molecular flexibility index (Phi) is 5.92. The molecular formula is C25H32N4. The van der Waals surface area contributed by atoms with Crippen LogP contribution in [-0.2, 0) is 5.41 Å². The highest BCUT2D eigenvalue weighted by Crippen LogP contribution is 2.58. The molecule has 152 valence electrons. The van der Waals surface area contributed by atoms with E-state index in [1.165, 1.54) is 22.5 Å². The van der Waals surface area contributed by atoms with Gasteiger partial charge in [-0.2, -0.15) is 0 Å². The van der Waals surface area contributed by atoms with E-state index in [-0.39, 0.29) is 11.6 Å². The summed E-state index contributed by atoms with van der Waals surface area (Å²) in [5, 5.41) is 0. The molecule has 0 radical (unpaired) electrons. The molecule has 0 aliphatic carbocycles. The Labute approximate surface area is 175 Å². The van der Waals surface area contributed by atoms with Gasteiger partial charge in [-0.05, 0) is 30.2 Å². The first-order chi connectivity index (χ1) is 14.1. The van der Waals surface area contributed by atoms with E-state index in [1.54, 1.807) is 6.33 Å². The lowest BCUT2D eigenvalue weighted by molar-refractivity contribution is 0.449. The van der Waals surface area contributed by atoms with Gasteiger partial charge in [-0.15, -0.1) is 0 Å². The summed E-state index contributed by atoms with van der Waals surface area (Å²) in [6, 6.07) is 17.2. The first-order valence-corrected chi connectivity index (χ1v) is 10.6. The van der Waals surface area contributed by atoms with E-state index in [1.807, 2.05) is 33.9 Å². The number of benzene rings is 2. The topological polar surface area (TPSA) is 32.3 Å². The van der Waals surface area contributed by atoms with Gasteiger partial charge in [0.1, 0.15) is 18.2 Å². The summed E-state index contributed by atoms with van der Waals surface area (Å²) in [4.78, 5) is 13.7. The zero-order chi connectivity index (χ0) is 21.2. The van der Waals surface area contributed by atoms with E-state index in [0.29, 0.717) is 0 Å². The second kappa shape index (κ2) is 8.24. The van der Waals surface area contributed by atoms with E-state index in [2.05, 4.69) is 89.1 Å². The molecule has 3 heterocycles. The zero-order valence-electron chi connectivity index (χ0n) is 18.6. The molecule has 1 aromatic heterocycles. The highest BCUT2D eigenvalue weighted by molar-refractivity contribution is 5.90. The number of hydrogen-bond acceptors (Lipinski definition) is 4. The molecule has 0 saturated heterocycles. The number of aromatic nitrogens is 2. The van der Waals surface area contributed by atoms with Crippen molar-refractivity contribution in [2.24, 2.45) is 0 Å². The first-order valence-electron chi connectivity index (χ1n) is 10.6. The maximum atomic E-state index is 4.65. The smallest absolute Gasteiger partial charge is 0.162 e. The van der Waals surface area contributed by atoms with Crippen LogP contribution in [0.3, 0.4) is 0 Å². The van der Waals surface area contributed by atoms with E-state index >= 15 is 0 Å². The van der Waals surface area contributed by atoms with Crippen LogP contribution < -0.4 is 9.80 Å². The third-order valence-electron chi connectivity index (χ3n) is 5.53. The maximum Gasteiger partial charge on any atom is 0.162 e. The Morgan fingerprint density at radius 1 is 0.793 bits per heavy atom. The summed E-state index contributed by atoms with van der Waals surface area (Å²) in [5.74, 6) is 0.983. The molecular weight excluding hydrogens is 356 g/mol. The summed E-state index contributed by atoms with van der Waals surface area (Å²) in [5.41, 5.74) is 6.11. The second-order valence-electron chi connectivity index (χ2n) is 7.37. The Morgan fingerprint density at radius 2 is 1.41 bits per heavy atom. The summed E-state index contributed by atoms with van der Waals surface area (Å²) in [6.07, 6.45) is 3.73. The van der Waals surface area contributed by atoms with E-state index < -0.39 is 0 Å². The van der Waals surface area contributed by atoms with Gasteiger partial charge in [0.15, 0.2) is 5.82 Å². The summed E-state index contributed by atoms with van der Waals surface area (Å²) >= 11 is 0. The van der Waals surface area contributed by atoms with Crippen LogP contribution in [0.1, 0.15) is 52.7 Å². The van der Waals surface area contributed by atoms with Crippen LogP contribution >= 0.6 is 0 Å². The lowest BCUT2D eigenvalue weighted by atomic mass is 9.83. The predicted molar refractivity (Wildman–Crippen MR) is 123 cm³/mol. The molecule has 0 amide bonds. The molecule has 0 spiro atoms. The third-order valence-corrected chi connectivity index (χ3v) is 5.53. The van der Waals surface area contributed by atoms with Crippen molar-refractivity contribution in [1.82, 2.24) is 9.97 Å². The normalized spacial score (nSPS) is 17.3. The molecule has 1 atom stereocenters. The van der Waals surface area contributed by atoms with E-state index in [4.69, 9.17) is 0 Å². The van der Waals surface area contributed by atoms with E-state index in [0.717, 1.165) is 11.5 Å². The van der Waals surface area contributed by atoms with Crippen molar-refractivity contribution in [3.8, 4) is 0 Å². The quantitative estimate of drug-likeness (QED) is 0.462. The van der Waals surface area contributed by atoms with Gasteiger partial charge in [0, 0.05) is 16.8 Å². The molecule has 0 saturated carbocycles. The Bertz CT molecular complexity index is 980. The Hall–Kier alpha value is -2.88. The summed E-state index contributed by atoms with van der Waals surface area (Å²) < 4.78 is 0. The number of para-hydroxylation sites is 2. The molecule has 0 fully saturated rings. The van der Waals surface area contributed by atoms with Crippen LogP contribution in [0.2, 0.25) is 0 Å². The minimum absolute atomic E-state index is 0.0421. The van der Waals surface area contributed by atoms with Crippen LogP contribution in [0.5, 0.6) is 0 Å². The summed E-state index contributed by atoms with van der Waals surface area (Å²) in [6.45, 7) is 14.8. The summed E-state index contributed by atoms with van der Waals surface area (Å²) in [7, 11) is 0. The fourth-order valence-corrected chi connectivity index (χ4v) is 4.39. The van der Waals surface area contributed by atoms with Crippen molar-refractivity contribution >= 4 is 22.9 Å². The van der Waals surface area contributed by atoms with Crippen LogP contribution in [-0.4, -0.2) is 16.1 Å². The standard InChI is InChI=1S/C21H20N4.2C2H6/c1-14-8-4-6-10-16(14)25-19-18(12-22-13-23-19)24-17-11-7-5-9-15(17)21(2,3)20(24)25;2*1-2/h4-13,20H,1-3H3;2*1-2H3. The number of nitrogens with zero attached hydrogens (tertiary/aromatic N) is 4. The van der Waals surface area contributed by atoms with Gasteiger partial charge in [0.05, 0.1) is 6.20 Å². The van der Waals surface area contributed by atoms with Gasteiger partial charge in [-0.1, -0.05) is 77.9 Å². The molecule has 2 aliphatic heterocycles. The van der Waals surface area contributed by atoms with Crippen LogP contribution in [0, 0.1) is 6.92 Å². The van der Waals surface area contributed by atoms with Gasteiger partial charge in [-0.3, -0.25) is 0 Å². The average Bonchev–Trinajstić information content (AvgIpc) is 3.23. The maximum absolute atomic E-state index is 4.65. The molecule has 0 bridgehead atoms. The number of fused-ring (bicyclic) bond motifs is 5. The minimum Gasteiger partial charge on any atom is -0.314 e. The highest BCUT2D eigenvalue weighted by Gasteiger charge is 2.54. The lowest BCUT2D eigenvalue weighted by Gasteiger charge is -2.36. The fourth-order valence-electron chi connectivity index (χ4n) is 4.39. The van der Waals surface area contributed by atoms with Gasteiger partial charge in [-0.25, -0.2) is 9.97 Å². The van der Waals surface area contributed by atoms with Gasteiger partial charge in [0.25, 0.3) is 0 Å². The largest absolute Gasteiger partial charge is 0.314 e. The van der Waals surface area contributed by atoms with E-state index in [9.17, 15) is 0 Å². The molecule has 4 heteroatoms. The van der Waals surface area contributed by atoms with Gasteiger partial charge >= 0.3 is 0 Å². The molecule has 0 N–H and O–H groups in total. The molecule has 2 aliphatic rings. The SMILES string of the molecule is CC.CC.Cc1ccccc1N1c2ncncc2N2c3ccccc3C(C)(C)C21. The Morgan fingerprint density at radius 3 is 2.10 bits per heavy atom. The average molecular weight is 389 g/mol.